The van der Waals surface area contributed by atoms with Gasteiger partial charge in [0.25, 0.3) is 0 Å². The summed E-state index contributed by atoms with van der Waals surface area (Å²) < 4.78 is 0. The summed E-state index contributed by atoms with van der Waals surface area (Å²) in [5.74, 6) is 1.04. The zero-order valence-electron chi connectivity index (χ0n) is 13.9. The third-order valence-electron chi connectivity index (χ3n) is 5.19. The Kier molecular flexibility index (Phi) is 6.06. The summed E-state index contributed by atoms with van der Waals surface area (Å²) in [6.45, 7) is 9.98. The molecule has 4 nitrogen and oxygen atoms in total. The van der Waals surface area contributed by atoms with Crippen molar-refractivity contribution in [2.24, 2.45) is 17.1 Å². The molecule has 1 heterocycles. The van der Waals surface area contributed by atoms with Crippen molar-refractivity contribution in [3.8, 4) is 0 Å². The quantitative estimate of drug-likeness (QED) is 0.808. The average Bonchev–Trinajstić information content (AvgIpc) is 2.73. The minimum Gasteiger partial charge on any atom is -0.340 e. The lowest BCUT2D eigenvalue weighted by Crippen LogP contribution is -2.55. The molecule has 0 atom stereocenters. The number of piperazine rings is 1. The molecule has 2 rings (SSSR count). The zero-order valence-corrected chi connectivity index (χ0v) is 13.9. The second-order valence-corrected chi connectivity index (χ2v) is 7.39. The maximum absolute atomic E-state index is 13.0. The van der Waals surface area contributed by atoms with E-state index < -0.39 is 0 Å². The highest BCUT2D eigenvalue weighted by Crippen LogP contribution is 2.36. The van der Waals surface area contributed by atoms with Crippen LogP contribution in [0.4, 0.5) is 0 Å². The molecule has 122 valence electrons. The van der Waals surface area contributed by atoms with Gasteiger partial charge in [0.1, 0.15) is 0 Å². The van der Waals surface area contributed by atoms with Crippen molar-refractivity contribution in [3.05, 3.63) is 0 Å². The van der Waals surface area contributed by atoms with Crippen LogP contribution in [0, 0.1) is 11.3 Å². The summed E-state index contributed by atoms with van der Waals surface area (Å²) in [6.07, 6.45) is 6.84. The molecule has 0 aromatic carbocycles. The van der Waals surface area contributed by atoms with Gasteiger partial charge in [0.05, 0.1) is 5.41 Å². The highest BCUT2D eigenvalue weighted by atomic mass is 16.2. The summed E-state index contributed by atoms with van der Waals surface area (Å²) >= 11 is 0. The highest BCUT2D eigenvalue weighted by molar-refractivity contribution is 5.83. The lowest BCUT2D eigenvalue weighted by molar-refractivity contribution is -0.144. The minimum absolute atomic E-state index is 0.253. The molecule has 0 radical (unpaired) electrons. The van der Waals surface area contributed by atoms with Crippen molar-refractivity contribution >= 4 is 5.91 Å². The van der Waals surface area contributed by atoms with Crippen molar-refractivity contribution < 1.29 is 4.79 Å². The Bertz CT molecular complexity index is 327. The number of carbonyl (C=O) groups is 1. The highest BCUT2D eigenvalue weighted by Gasteiger charge is 2.40. The molecule has 1 saturated carbocycles. The van der Waals surface area contributed by atoms with Crippen LogP contribution in [-0.2, 0) is 4.79 Å². The van der Waals surface area contributed by atoms with E-state index in [4.69, 9.17) is 5.73 Å². The molecular formula is C17H33N3O. The fraction of sp³-hybridized carbons (Fsp3) is 0.941. The Balaban J connectivity index is 1.93. The number of hydrogen-bond donors (Lipinski definition) is 1. The van der Waals surface area contributed by atoms with Gasteiger partial charge in [-0.15, -0.1) is 0 Å². The monoisotopic (exact) mass is 295 g/mol. The SMILES string of the molecule is CC(C)CN1CCN(C(=O)C2(CN)CCCCCC2)CC1. The lowest BCUT2D eigenvalue weighted by Gasteiger charge is -2.41. The van der Waals surface area contributed by atoms with Crippen molar-refractivity contribution in [2.75, 3.05) is 39.3 Å². The first-order chi connectivity index (χ1) is 10.1. The Labute approximate surface area is 130 Å². The first-order valence-corrected chi connectivity index (χ1v) is 8.79. The van der Waals surface area contributed by atoms with Gasteiger partial charge in [-0.1, -0.05) is 39.5 Å². The predicted molar refractivity (Wildman–Crippen MR) is 87.0 cm³/mol. The Hall–Kier alpha value is -0.610. The molecule has 0 aromatic rings. The van der Waals surface area contributed by atoms with Gasteiger partial charge in [0, 0.05) is 39.3 Å². The zero-order chi connectivity index (χ0) is 15.3. The standard InChI is InChI=1S/C17H33N3O/c1-15(2)13-19-9-11-20(12-10-19)16(21)17(14-18)7-5-3-4-6-8-17/h15H,3-14,18H2,1-2H3. The van der Waals surface area contributed by atoms with Crippen LogP contribution in [0.5, 0.6) is 0 Å². The van der Waals surface area contributed by atoms with E-state index >= 15 is 0 Å². The molecule has 2 fully saturated rings. The predicted octanol–water partition coefficient (Wildman–Crippen LogP) is 2.09. The number of hydrogen-bond acceptors (Lipinski definition) is 3. The van der Waals surface area contributed by atoms with E-state index in [9.17, 15) is 4.79 Å². The molecule has 1 saturated heterocycles. The van der Waals surface area contributed by atoms with Crippen LogP contribution in [0.25, 0.3) is 0 Å². The molecule has 2 aliphatic rings. The van der Waals surface area contributed by atoms with Crippen LogP contribution in [0.15, 0.2) is 0 Å². The summed E-state index contributed by atoms with van der Waals surface area (Å²) in [6, 6.07) is 0. The minimum atomic E-state index is -0.253. The summed E-state index contributed by atoms with van der Waals surface area (Å²) in [5, 5.41) is 0. The van der Waals surface area contributed by atoms with E-state index in [-0.39, 0.29) is 5.41 Å². The van der Waals surface area contributed by atoms with Gasteiger partial charge in [0.2, 0.25) is 5.91 Å². The van der Waals surface area contributed by atoms with Crippen LogP contribution in [-0.4, -0.2) is 55.0 Å². The Morgan fingerprint density at radius 1 is 1.05 bits per heavy atom. The van der Waals surface area contributed by atoms with Crippen LogP contribution >= 0.6 is 0 Å². The number of amides is 1. The van der Waals surface area contributed by atoms with Crippen LogP contribution in [0.3, 0.4) is 0 Å². The van der Waals surface area contributed by atoms with Gasteiger partial charge >= 0.3 is 0 Å². The maximum atomic E-state index is 13.0. The van der Waals surface area contributed by atoms with Crippen molar-refractivity contribution in [2.45, 2.75) is 52.4 Å². The number of nitrogens with two attached hydrogens (primary N) is 1. The first-order valence-electron chi connectivity index (χ1n) is 8.79. The fourth-order valence-corrected chi connectivity index (χ4v) is 3.90. The molecule has 0 unspecified atom stereocenters. The molecule has 21 heavy (non-hydrogen) atoms. The Morgan fingerprint density at radius 2 is 1.62 bits per heavy atom. The van der Waals surface area contributed by atoms with Crippen molar-refractivity contribution in [1.82, 2.24) is 9.80 Å². The molecule has 0 spiro atoms. The van der Waals surface area contributed by atoms with E-state index in [1.165, 1.54) is 12.8 Å². The smallest absolute Gasteiger partial charge is 0.230 e. The van der Waals surface area contributed by atoms with Gasteiger partial charge in [-0.05, 0) is 18.8 Å². The molecule has 1 amide bonds. The lowest BCUT2D eigenvalue weighted by atomic mass is 9.79. The second kappa shape index (κ2) is 7.59. The molecule has 1 aliphatic heterocycles. The number of rotatable bonds is 4. The topological polar surface area (TPSA) is 49.6 Å². The molecular weight excluding hydrogens is 262 g/mol. The van der Waals surface area contributed by atoms with Crippen molar-refractivity contribution in [3.63, 3.8) is 0 Å². The largest absolute Gasteiger partial charge is 0.340 e. The summed E-state index contributed by atoms with van der Waals surface area (Å²) in [5.41, 5.74) is 5.80. The van der Waals surface area contributed by atoms with Crippen molar-refractivity contribution in [1.29, 1.82) is 0 Å². The van der Waals surface area contributed by atoms with E-state index in [0.29, 0.717) is 18.4 Å². The first kappa shape index (κ1) is 16.8. The number of carbonyl (C=O) groups excluding carboxylic acids is 1. The molecule has 4 heteroatoms. The Morgan fingerprint density at radius 3 is 2.10 bits per heavy atom. The molecule has 0 bridgehead atoms. The average molecular weight is 295 g/mol. The van der Waals surface area contributed by atoms with Gasteiger partial charge in [-0.3, -0.25) is 9.69 Å². The van der Waals surface area contributed by atoms with E-state index in [0.717, 1.165) is 58.4 Å². The fourth-order valence-electron chi connectivity index (χ4n) is 3.90. The molecule has 1 aliphatic carbocycles. The van der Waals surface area contributed by atoms with Crippen LogP contribution in [0.1, 0.15) is 52.4 Å². The van der Waals surface area contributed by atoms with Gasteiger partial charge in [-0.2, -0.15) is 0 Å². The molecule has 0 aromatic heterocycles. The maximum Gasteiger partial charge on any atom is 0.230 e. The van der Waals surface area contributed by atoms with E-state index in [1.54, 1.807) is 0 Å². The number of nitrogens with zero attached hydrogens (tertiary/aromatic N) is 2. The van der Waals surface area contributed by atoms with Crippen LogP contribution < -0.4 is 5.73 Å². The summed E-state index contributed by atoms with van der Waals surface area (Å²) in [7, 11) is 0. The van der Waals surface area contributed by atoms with Gasteiger partial charge in [0.15, 0.2) is 0 Å². The van der Waals surface area contributed by atoms with E-state index in [1.807, 2.05) is 0 Å². The van der Waals surface area contributed by atoms with Crippen LogP contribution in [0.2, 0.25) is 0 Å². The second-order valence-electron chi connectivity index (χ2n) is 7.39. The third kappa shape index (κ3) is 4.19. The van der Waals surface area contributed by atoms with E-state index in [2.05, 4.69) is 23.6 Å². The van der Waals surface area contributed by atoms with Gasteiger partial charge in [-0.25, -0.2) is 0 Å². The third-order valence-corrected chi connectivity index (χ3v) is 5.19. The van der Waals surface area contributed by atoms with Gasteiger partial charge < -0.3 is 10.6 Å². The molecule has 2 N–H and O–H groups in total. The summed E-state index contributed by atoms with van der Waals surface area (Å²) in [4.78, 5) is 17.6. The normalized spacial score (nSPS) is 24.1.